The Bertz CT molecular complexity index is 1210. The molecule has 11 nitrogen and oxygen atoms in total. The number of carbonyl (C=O) groups excluding carboxylic acids is 3. The van der Waals surface area contributed by atoms with Crippen molar-refractivity contribution in [1.29, 1.82) is 0 Å². The van der Waals surface area contributed by atoms with Crippen molar-refractivity contribution in [2.45, 2.75) is 63.5 Å². The average Bonchev–Trinajstić information content (AvgIpc) is 3.49. The maximum Gasteiger partial charge on any atom is 0.270 e. The summed E-state index contributed by atoms with van der Waals surface area (Å²) in [7, 11) is 3.94. The fourth-order valence-electron chi connectivity index (χ4n) is 6.02. The van der Waals surface area contributed by atoms with Gasteiger partial charge in [0.15, 0.2) is 0 Å². The van der Waals surface area contributed by atoms with Crippen LogP contribution in [0.2, 0.25) is 0 Å². The summed E-state index contributed by atoms with van der Waals surface area (Å²) in [6.45, 7) is 4.59. The lowest BCUT2D eigenvalue weighted by atomic mass is 9.76. The van der Waals surface area contributed by atoms with Crippen LogP contribution in [0.3, 0.4) is 0 Å². The van der Waals surface area contributed by atoms with Crippen LogP contribution in [0.4, 0.5) is 11.5 Å². The Morgan fingerprint density at radius 1 is 1.23 bits per heavy atom. The van der Waals surface area contributed by atoms with E-state index in [1.54, 1.807) is 29.2 Å². The second-order valence-electron chi connectivity index (χ2n) is 11.5. The van der Waals surface area contributed by atoms with Crippen LogP contribution in [0.1, 0.15) is 61.5 Å². The molecule has 1 saturated heterocycles. The van der Waals surface area contributed by atoms with E-state index in [1.807, 2.05) is 19.0 Å². The number of pyridine rings is 1. The highest BCUT2D eigenvalue weighted by Crippen LogP contribution is 2.44. The minimum atomic E-state index is -0.714. The molecule has 2 aromatic rings. The summed E-state index contributed by atoms with van der Waals surface area (Å²) in [5.41, 5.74) is 1.34. The maximum atomic E-state index is 13.7. The molecular weight excluding hydrogens is 498 g/mol. The van der Waals surface area contributed by atoms with Gasteiger partial charge in [-0.15, -0.1) is 0 Å². The molecule has 2 aromatic heterocycles. The van der Waals surface area contributed by atoms with E-state index >= 15 is 0 Å². The number of hydrogen-bond donors (Lipinski definition) is 3. The van der Waals surface area contributed by atoms with E-state index in [0.717, 1.165) is 37.8 Å². The molecule has 0 unspecified atom stereocenters. The van der Waals surface area contributed by atoms with Crippen LogP contribution in [0.5, 0.6) is 0 Å². The molecule has 2 fully saturated rings. The SMILES string of the molecule is CC1CCC([C@H](NC(=O)c2ccnn2CCN(C)C)C(=O)Nc2cc3c(cn2)C2(CCOCC2)C(=O)N3)CC1. The van der Waals surface area contributed by atoms with E-state index in [0.29, 0.717) is 55.7 Å². The lowest BCUT2D eigenvalue weighted by molar-refractivity contribution is -0.124. The van der Waals surface area contributed by atoms with Gasteiger partial charge in [-0.3, -0.25) is 19.1 Å². The number of likely N-dealkylation sites (N-methyl/N-ethyl adjacent to an activating group) is 1. The molecule has 4 heterocycles. The highest BCUT2D eigenvalue weighted by molar-refractivity contribution is 6.07. The number of nitrogens with zero attached hydrogens (tertiary/aromatic N) is 4. The van der Waals surface area contributed by atoms with Gasteiger partial charge in [0.2, 0.25) is 11.8 Å². The predicted molar refractivity (Wildman–Crippen MR) is 146 cm³/mol. The smallest absolute Gasteiger partial charge is 0.270 e. The first-order valence-corrected chi connectivity index (χ1v) is 13.9. The molecular formula is C28H39N7O4. The fourth-order valence-corrected chi connectivity index (χ4v) is 6.02. The maximum absolute atomic E-state index is 13.7. The van der Waals surface area contributed by atoms with E-state index in [4.69, 9.17) is 4.74 Å². The average molecular weight is 538 g/mol. The minimum Gasteiger partial charge on any atom is -0.381 e. The van der Waals surface area contributed by atoms with E-state index < -0.39 is 11.5 Å². The third-order valence-corrected chi connectivity index (χ3v) is 8.51. The van der Waals surface area contributed by atoms with Gasteiger partial charge in [-0.2, -0.15) is 5.10 Å². The number of ether oxygens (including phenoxy) is 1. The Balaban J connectivity index is 1.33. The van der Waals surface area contributed by atoms with Crippen LogP contribution in [0.15, 0.2) is 24.5 Å². The van der Waals surface area contributed by atoms with Gasteiger partial charge in [-0.25, -0.2) is 4.98 Å². The molecule has 1 saturated carbocycles. The number of anilines is 2. The topological polar surface area (TPSA) is 130 Å². The molecule has 39 heavy (non-hydrogen) atoms. The predicted octanol–water partition coefficient (Wildman–Crippen LogP) is 2.40. The highest BCUT2D eigenvalue weighted by Gasteiger charge is 2.48. The van der Waals surface area contributed by atoms with Crippen molar-refractivity contribution in [3.63, 3.8) is 0 Å². The quantitative estimate of drug-likeness (QED) is 0.471. The molecule has 3 N–H and O–H groups in total. The van der Waals surface area contributed by atoms with Gasteiger partial charge >= 0.3 is 0 Å². The van der Waals surface area contributed by atoms with Crippen molar-refractivity contribution in [2.75, 3.05) is 44.5 Å². The second-order valence-corrected chi connectivity index (χ2v) is 11.5. The summed E-state index contributed by atoms with van der Waals surface area (Å²) in [5.74, 6) is 0.303. The van der Waals surface area contributed by atoms with E-state index in [2.05, 4.69) is 33.0 Å². The van der Waals surface area contributed by atoms with Crippen molar-refractivity contribution in [3.8, 4) is 0 Å². The Kier molecular flexibility index (Phi) is 7.99. The Morgan fingerprint density at radius 2 is 1.97 bits per heavy atom. The van der Waals surface area contributed by atoms with E-state index in [1.165, 1.54) is 0 Å². The molecule has 1 aliphatic carbocycles. The van der Waals surface area contributed by atoms with Crippen LogP contribution in [0, 0.1) is 11.8 Å². The number of fused-ring (bicyclic) bond motifs is 2. The molecule has 1 spiro atoms. The lowest BCUT2D eigenvalue weighted by Crippen LogP contribution is -2.49. The molecule has 210 valence electrons. The molecule has 5 rings (SSSR count). The number of carbonyl (C=O) groups is 3. The van der Waals surface area contributed by atoms with Gasteiger partial charge in [0.05, 0.1) is 17.6 Å². The summed E-state index contributed by atoms with van der Waals surface area (Å²) >= 11 is 0. The summed E-state index contributed by atoms with van der Waals surface area (Å²) in [6, 6.07) is 2.68. The molecule has 0 aromatic carbocycles. The van der Waals surface area contributed by atoms with Crippen LogP contribution in [0.25, 0.3) is 0 Å². The van der Waals surface area contributed by atoms with Gasteiger partial charge in [0.1, 0.15) is 17.6 Å². The van der Waals surface area contributed by atoms with Crippen LogP contribution in [-0.2, 0) is 26.3 Å². The number of rotatable bonds is 8. The van der Waals surface area contributed by atoms with E-state index in [9.17, 15) is 14.4 Å². The first-order chi connectivity index (χ1) is 18.8. The van der Waals surface area contributed by atoms with Crippen molar-refractivity contribution in [1.82, 2.24) is 25.0 Å². The Morgan fingerprint density at radius 3 is 2.69 bits per heavy atom. The second kappa shape index (κ2) is 11.4. The Labute approximate surface area is 229 Å². The number of hydrogen-bond acceptors (Lipinski definition) is 7. The third-order valence-electron chi connectivity index (χ3n) is 8.51. The third kappa shape index (κ3) is 5.69. The standard InChI is InChI=1S/C28H39N7O4/c1-18-4-6-19(7-5-18)24(33-25(36)22-8-11-30-35(22)13-12-34(2)3)26(37)32-23-16-21-20(17-29-23)28(27(38)31-21)9-14-39-15-10-28/h8,11,16-19,24H,4-7,9-10,12-15H2,1-3H3,(H,31,38)(H,33,36)(H,29,32,37)/t18?,19?,24-/m0/s1. The number of amides is 3. The summed E-state index contributed by atoms with van der Waals surface area (Å²) in [6.07, 6.45) is 8.26. The highest BCUT2D eigenvalue weighted by atomic mass is 16.5. The number of nitrogens with one attached hydrogen (secondary N) is 3. The van der Waals surface area contributed by atoms with Crippen LogP contribution >= 0.6 is 0 Å². The van der Waals surface area contributed by atoms with Crippen molar-refractivity contribution >= 4 is 29.2 Å². The Hall–Kier alpha value is -3.31. The zero-order valence-corrected chi connectivity index (χ0v) is 23.0. The van der Waals surface area contributed by atoms with Crippen molar-refractivity contribution in [3.05, 3.63) is 35.8 Å². The van der Waals surface area contributed by atoms with Crippen molar-refractivity contribution < 1.29 is 19.1 Å². The summed E-state index contributed by atoms with van der Waals surface area (Å²) < 4.78 is 7.15. The van der Waals surface area contributed by atoms with Gasteiger partial charge in [-0.05, 0) is 57.7 Å². The molecule has 11 heteroatoms. The molecule has 0 bridgehead atoms. The minimum absolute atomic E-state index is 0.0166. The summed E-state index contributed by atoms with van der Waals surface area (Å²) in [4.78, 5) is 46.4. The lowest BCUT2D eigenvalue weighted by Gasteiger charge is -2.32. The molecule has 0 radical (unpaired) electrons. The zero-order valence-electron chi connectivity index (χ0n) is 23.0. The first-order valence-electron chi connectivity index (χ1n) is 13.9. The number of aromatic nitrogens is 3. The van der Waals surface area contributed by atoms with Gasteiger partial charge in [-0.1, -0.05) is 19.8 Å². The molecule has 3 amide bonds. The first kappa shape index (κ1) is 27.3. The van der Waals surface area contributed by atoms with Crippen molar-refractivity contribution in [2.24, 2.45) is 11.8 Å². The van der Waals surface area contributed by atoms with Crippen LogP contribution in [-0.4, -0.2) is 77.3 Å². The fraction of sp³-hybridized carbons (Fsp3) is 0.607. The van der Waals surface area contributed by atoms with Crippen LogP contribution < -0.4 is 16.0 Å². The van der Waals surface area contributed by atoms with Gasteiger partial charge in [0, 0.05) is 43.8 Å². The zero-order chi connectivity index (χ0) is 27.6. The normalized spacial score (nSPS) is 22.8. The molecule has 1 atom stereocenters. The molecule has 2 aliphatic heterocycles. The van der Waals surface area contributed by atoms with Gasteiger partial charge < -0.3 is 25.6 Å². The van der Waals surface area contributed by atoms with E-state index in [-0.39, 0.29) is 23.6 Å². The molecule has 3 aliphatic rings. The summed E-state index contributed by atoms with van der Waals surface area (Å²) in [5, 5.41) is 13.2. The van der Waals surface area contributed by atoms with Gasteiger partial charge in [0.25, 0.3) is 5.91 Å². The monoisotopic (exact) mass is 537 g/mol. The largest absolute Gasteiger partial charge is 0.381 e.